The van der Waals surface area contributed by atoms with Crippen LogP contribution in [0.2, 0.25) is 0 Å². The zero-order valence-corrected chi connectivity index (χ0v) is 10.2. The molecule has 0 atom stereocenters. The van der Waals surface area contributed by atoms with E-state index >= 15 is 0 Å². The van der Waals surface area contributed by atoms with Crippen molar-refractivity contribution >= 4 is 17.3 Å². The molecule has 1 amide bonds. The van der Waals surface area contributed by atoms with Crippen molar-refractivity contribution < 1.29 is 13.6 Å². The summed E-state index contributed by atoms with van der Waals surface area (Å²) < 4.78 is 25.9. The molecule has 3 nitrogen and oxygen atoms in total. The van der Waals surface area contributed by atoms with E-state index < -0.39 is 17.5 Å². The van der Waals surface area contributed by atoms with Gasteiger partial charge in [0, 0.05) is 12.6 Å². The van der Waals surface area contributed by atoms with Crippen molar-refractivity contribution in [2.75, 3.05) is 17.7 Å². The van der Waals surface area contributed by atoms with Crippen LogP contribution in [0.5, 0.6) is 0 Å². The van der Waals surface area contributed by atoms with Crippen LogP contribution in [-0.2, 0) is 0 Å². The lowest BCUT2D eigenvalue weighted by Crippen LogP contribution is -2.27. The first-order chi connectivity index (χ1) is 9.00. The number of halogens is 2. The van der Waals surface area contributed by atoms with Crippen molar-refractivity contribution in [2.24, 2.45) is 0 Å². The van der Waals surface area contributed by atoms with E-state index in [1.165, 1.54) is 18.0 Å². The van der Waals surface area contributed by atoms with Gasteiger partial charge in [0.2, 0.25) is 0 Å². The van der Waals surface area contributed by atoms with E-state index in [1.807, 2.05) is 0 Å². The standard InChI is InChI=1S/C14H12F2N2O/c1-18(13-5-3-2-4-12(13)17)14(19)9-6-7-10(15)11(16)8-9/h2-8H,17H2,1H3. The van der Waals surface area contributed by atoms with Crippen LogP contribution in [0.1, 0.15) is 10.4 Å². The molecule has 0 aliphatic rings. The third-order valence-electron chi connectivity index (χ3n) is 2.77. The number of para-hydroxylation sites is 2. The highest BCUT2D eigenvalue weighted by Crippen LogP contribution is 2.23. The number of rotatable bonds is 2. The van der Waals surface area contributed by atoms with Crippen molar-refractivity contribution in [3.05, 3.63) is 59.7 Å². The Kier molecular flexibility index (Phi) is 3.46. The Balaban J connectivity index is 2.34. The lowest BCUT2D eigenvalue weighted by atomic mass is 10.1. The Morgan fingerprint density at radius 1 is 1.11 bits per heavy atom. The van der Waals surface area contributed by atoms with Crippen molar-refractivity contribution in [1.29, 1.82) is 0 Å². The first kappa shape index (κ1) is 13.0. The first-order valence-electron chi connectivity index (χ1n) is 5.58. The van der Waals surface area contributed by atoms with Crippen LogP contribution in [0.4, 0.5) is 20.2 Å². The minimum Gasteiger partial charge on any atom is -0.397 e. The molecule has 0 unspecified atom stereocenters. The molecule has 5 heteroatoms. The molecule has 98 valence electrons. The van der Waals surface area contributed by atoms with Gasteiger partial charge < -0.3 is 10.6 Å². The van der Waals surface area contributed by atoms with Crippen molar-refractivity contribution in [2.45, 2.75) is 0 Å². The van der Waals surface area contributed by atoms with Gasteiger partial charge in [0.1, 0.15) is 0 Å². The zero-order chi connectivity index (χ0) is 14.0. The highest BCUT2D eigenvalue weighted by atomic mass is 19.2. The number of hydrogen-bond acceptors (Lipinski definition) is 2. The fourth-order valence-corrected chi connectivity index (χ4v) is 1.73. The largest absolute Gasteiger partial charge is 0.397 e. The summed E-state index contributed by atoms with van der Waals surface area (Å²) in [7, 11) is 1.52. The zero-order valence-electron chi connectivity index (χ0n) is 10.2. The van der Waals surface area contributed by atoms with Crippen LogP contribution in [0.3, 0.4) is 0 Å². The fourth-order valence-electron chi connectivity index (χ4n) is 1.73. The molecule has 2 aromatic rings. The summed E-state index contributed by atoms with van der Waals surface area (Å²) in [5, 5.41) is 0. The average Bonchev–Trinajstić information content (AvgIpc) is 2.41. The third-order valence-corrected chi connectivity index (χ3v) is 2.77. The van der Waals surface area contributed by atoms with Gasteiger partial charge in [0.05, 0.1) is 11.4 Å². The van der Waals surface area contributed by atoms with E-state index in [2.05, 4.69) is 0 Å². The van der Waals surface area contributed by atoms with Gasteiger partial charge in [-0.15, -0.1) is 0 Å². The highest BCUT2D eigenvalue weighted by Gasteiger charge is 2.16. The van der Waals surface area contributed by atoms with Crippen LogP contribution in [-0.4, -0.2) is 13.0 Å². The Morgan fingerprint density at radius 2 is 1.79 bits per heavy atom. The quantitative estimate of drug-likeness (QED) is 0.846. The summed E-state index contributed by atoms with van der Waals surface area (Å²) >= 11 is 0. The number of hydrogen-bond donors (Lipinski definition) is 1. The maximum absolute atomic E-state index is 13.1. The molecular formula is C14H12F2N2O. The molecule has 2 aromatic carbocycles. The van der Waals surface area contributed by atoms with Crippen LogP contribution in [0, 0.1) is 11.6 Å². The highest BCUT2D eigenvalue weighted by molar-refractivity contribution is 6.07. The Morgan fingerprint density at radius 3 is 2.42 bits per heavy atom. The number of anilines is 2. The molecule has 0 heterocycles. The van der Waals surface area contributed by atoms with E-state index in [4.69, 9.17) is 5.73 Å². The van der Waals surface area contributed by atoms with Gasteiger partial charge in [0.15, 0.2) is 11.6 Å². The Hall–Kier alpha value is -2.43. The number of nitrogens with two attached hydrogens (primary N) is 1. The Labute approximate surface area is 109 Å². The fraction of sp³-hybridized carbons (Fsp3) is 0.0714. The van der Waals surface area contributed by atoms with E-state index in [-0.39, 0.29) is 5.56 Å². The minimum atomic E-state index is -1.06. The van der Waals surface area contributed by atoms with Crippen molar-refractivity contribution in [3.8, 4) is 0 Å². The minimum absolute atomic E-state index is 0.0599. The Bertz CT molecular complexity index is 629. The maximum atomic E-state index is 13.1. The van der Waals surface area contributed by atoms with Crippen molar-refractivity contribution in [1.82, 2.24) is 0 Å². The van der Waals surface area contributed by atoms with E-state index in [0.29, 0.717) is 11.4 Å². The summed E-state index contributed by atoms with van der Waals surface area (Å²) in [6, 6.07) is 9.83. The van der Waals surface area contributed by atoms with Crippen LogP contribution >= 0.6 is 0 Å². The molecule has 0 saturated heterocycles. The molecule has 2 N–H and O–H groups in total. The number of carbonyl (C=O) groups is 1. The molecule has 0 spiro atoms. The molecule has 0 aliphatic heterocycles. The number of nitrogens with zero attached hydrogens (tertiary/aromatic N) is 1. The molecular weight excluding hydrogens is 250 g/mol. The van der Waals surface area contributed by atoms with E-state index in [0.717, 1.165) is 12.1 Å². The monoisotopic (exact) mass is 262 g/mol. The second-order valence-corrected chi connectivity index (χ2v) is 4.05. The summed E-state index contributed by atoms with van der Waals surface area (Å²) in [6.07, 6.45) is 0. The number of benzene rings is 2. The number of amides is 1. The number of carbonyl (C=O) groups excluding carboxylic acids is 1. The maximum Gasteiger partial charge on any atom is 0.258 e. The van der Waals surface area contributed by atoms with E-state index in [1.54, 1.807) is 24.3 Å². The summed E-state index contributed by atoms with van der Waals surface area (Å²) in [4.78, 5) is 13.4. The summed E-state index contributed by atoms with van der Waals surface area (Å²) in [5.41, 5.74) is 6.77. The predicted molar refractivity (Wildman–Crippen MR) is 69.9 cm³/mol. The lowest BCUT2D eigenvalue weighted by Gasteiger charge is -2.19. The SMILES string of the molecule is CN(C(=O)c1ccc(F)c(F)c1)c1ccccc1N. The normalized spacial score (nSPS) is 10.3. The second-order valence-electron chi connectivity index (χ2n) is 4.05. The number of nitrogen functional groups attached to an aromatic ring is 1. The summed E-state index contributed by atoms with van der Waals surface area (Å²) in [5.74, 6) is -2.50. The average molecular weight is 262 g/mol. The van der Waals surface area contributed by atoms with Crippen LogP contribution < -0.4 is 10.6 Å². The molecule has 0 fully saturated rings. The molecule has 0 radical (unpaired) electrons. The molecule has 0 aromatic heterocycles. The van der Waals surface area contributed by atoms with Crippen molar-refractivity contribution in [3.63, 3.8) is 0 Å². The van der Waals surface area contributed by atoms with Crippen LogP contribution in [0.25, 0.3) is 0 Å². The van der Waals surface area contributed by atoms with Crippen LogP contribution in [0.15, 0.2) is 42.5 Å². The predicted octanol–water partition coefficient (Wildman–Crippen LogP) is 2.82. The lowest BCUT2D eigenvalue weighted by molar-refractivity contribution is 0.0992. The third kappa shape index (κ3) is 2.54. The smallest absolute Gasteiger partial charge is 0.258 e. The van der Waals surface area contributed by atoms with Gasteiger partial charge in [0.25, 0.3) is 5.91 Å². The topological polar surface area (TPSA) is 46.3 Å². The van der Waals surface area contributed by atoms with Gasteiger partial charge in [-0.3, -0.25) is 4.79 Å². The van der Waals surface area contributed by atoms with Gasteiger partial charge >= 0.3 is 0 Å². The second kappa shape index (κ2) is 5.06. The van der Waals surface area contributed by atoms with E-state index in [9.17, 15) is 13.6 Å². The molecule has 0 aliphatic carbocycles. The molecule has 2 rings (SSSR count). The van der Waals surface area contributed by atoms with Gasteiger partial charge in [-0.25, -0.2) is 8.78 Å². The first-order valence-corrected chi connectivity index (χ1v) is 5.58. The molecule has 0 saturated carbocycles. The van der Waals surface area contributed by atoms with Gasteiger partial charge in [-0.2, -0.15) is 0 Å². The van der Waals surface area contributed by atoms with Gasteiger partial charge in [-0.05, 0) is 30.3 Å². The molecule has 19 heavy (non-hydrogen) atoms. The van der Waals surface area contributed by atoms with Gasteiger partial charge in [-0.1, -0.05) is 12.1 Å². The molecule has 0 bridgehead atoms. The summed E-state index contributed by atoms with van der Waals surface area (Å²) in [6.45, 7) is 0.